The van der Waals surface area contributed by atoms with E-state index in [1.165, 1.54) is 19.3 Å². The van der Waals surface area contributed by atoms with Crippen molar-refractivity contribution in [2.24, 2.45) is 34.5 Å². The van der Waals surface area contributed by atoms with Crippen molar-refractivity contribution in [3.8, 4) is 0 Å². The molecule has 1 heterocycles. The zero-order valence-electron chi connectivity index (χ0n) is 23.8. The van der Waals surface area contributed by atoms with Crippen LogP contribution in [-0.2, 0) is 19.1 Å². The molecule has 5 aliphatic carbocycles. The molecule has 9 atom stereocenters. The maximum Gasteiger partial charge on any atom is 0.181 e. The van der Waals surface area contributed by atoms with E-state index in [2.05, 4.69) is 44.7 Å². The largest absolute Gasteiger partial charge is 0.393 e. The highest BCUT2D eigenvalue weighted by Gasteiger charge is 2.76. The molecule has 0 unspecified atom stereocenters. The average molecular weight is 526 g/mol. The molecule has 0 amide bonds. The summed E-state index contributed by atoms with van der Waals surface area (Å²) in [7, 11) is 0. The van der Waals surface area contributed by atoms with Crippen molar-refractivity contribution in [3.63, 3.8) is 0 Å². The van der Waals surface area contributed by atoms with Crippen LogP contribution in [0.25, 0.3) is 0 Å². The Balaban J connectivity index is 1.38. The maximum absolute atomic E-state index is 14.5. The number of rotatable bonds is 6. The number of likely N-dealkylation sites (N-methyl/N-ethyl adjacent to an activating group) is 1. The molecule has 3 saturated carbocycles. The van der Waals surface area contributed by atoms with Crippen LogP contribution in [0, 0.1) is 34.5 Å². The van der Waals surface area contributed by atoms with Gasteiger partial charge in [0.05, 0.1) is 18.8 Å². The summed E-state index contributed by atoms with van der Waals surface area (Å²) in [6.45, 7) is 10.6. The molecule has 0 spiro atoms. The van der Waals surface area contributed by atoms with Crippen molar-refractivity contribution in [1.82, 2.24) is 4.90 Å². The molecule has 1 saturated heterocycles. The molecule has 0 bridgehead atoms. The number of allylic oxidation sites excluding steroid dienone is 4. The Morgan fingerprint density at radius 3 is 2.61 bits per heavy atom. The van der Waals surface area contributed by atoms with E-state index in [-0.39, 0.29) is 47.1 Å². The van der Waals surface area contributed by atoms with E-state index in [4.69, 9.17) is 9.47 Å². The van der Waals surface area contributed by atoms with Gasteiger partial charge in [0.25, 0.3) is 0 Å². The SMILES string of the molecule is CCN(CC)CC(=O)[C@@]12O[C@H](C3CCCCC3)O[C@@H]1C[C@H]1[C@@H]3CC=C4CC(=O)C=C[C@]4(C)[C@H]3[C@@H](O)C[C@@]12C. The van der Waals surface area contributed by atoms with Crippen LogP contribution >= 0.6 is 0 Å². The van der Waals surface area contributed by atoms with E-state index in [0.29, 0.717) is 25.3 Å². The van der Waals surface area contributed by atoms with Crippen LogP contribution in [0.5, 0.6) is 0 Å². The Morgan fingerprint density at radius 2 is 1.89 bits per heavy atom. The number of fused-ring (bicyclic) bond motifs is 7. The quantitative estimate of drug-likeness (QED) is 0.500. The van der Waals surface area contributed by atoms with Crippen molar-refractivity contribution >= 4 is 11.6 Å². The van der Waals surface area contributed by atoms with Crippen LogP contribution in [0.1, 0.15) is 85.5 Å². The van der Waals surface area contributed by atoms with Crippen molar-refractivity contribution in [2.75, 3.05) is 19.6 Å². The van der Waals surface area contributed by atoms with Gasteiger partial charge in [-0.25, -0.2) is 0 Å². The third-order valence-electron chi connectivity index (χ3n) is 11.9. The van der Waals surface area contributed by atoms with Crippen molar-refractivity contribution in [2.45, 2.75) is 110 Å². The topological polar surface area (TPSA) is 76.1 Å². The molecule has 6 nitrogen and oxygen atoms in total. The molecular weight excluding hydrogens is 478 g/mol. The van der Waals surface area contributed by atoms with Gasteiger partial charge in [-0.3, -0.25) is 14.5 Å². The summed E-state index contributed by atoms with van der Waals surface area (Å²) >= 11 is 0. The molecule has 38 heavy (non-hydrogen) atoms. The molecule has 4 fully saturated rings. The fourth-order valence-corrected chi connectivity index (χ4v) is 9.89. The van der Waals surface area contributed by atoms with Crippen LogP contribution < -0.4 is 0 Å². The van der Waals surface area contributed by atoms with E-state index in [9.17, 15) is 14.7 Å². The lowest BCUT2D eigenvalue weighted by Gasteiger charge is -2.59. The summed E-state index contributed by atoms with van der Waals surface area (Å²) in [5.41, 5.74) is -0.677. The number of Topliss-reactive ketones (excluding diaryl/α,β-unsaturated/α-hetero) is 1. The number of carbonyl (C=O) groups excluding carboxylic acids is 2. The molecule has 0 radical (unpaired) electrons. The number of carbonyl (C=O) groups is 2. The highest BCUT2D eigenvalue weighted by atomic mass is 16.7. The minimum atomic E-state index is -1.02. The van der Waals surface area contributed by atoms with E-state index < -0.39 is 17.1 Å². The first-order valence-corrected chi connectivity index (χ1v) is 15.4. The summed E-state index contributed by atoms with van der Waals surface area (Å²) in [5, 5.41) is 11.9. The zero-order valence-corrected chi connectivity index (χ0v) is 23.8. The van der Waals surface area contributed by atoms with Gasteiger partial charge < -0.3 is 14.6 Å². The van der Waals surface area contributed by atoms with E-state index in [1.807, 2.05) is 0 Å². The summed E-state index contributed by atoms with van der Waals surface area (Å²) in [5.74, 6) is 1.11. The van der Waals surface area contributed by atoms with Gasteiger partial charge in [-0.2, -0.15) is 0 Å². The standard InChI is InChI=1S/C32H47NO5/c1-5-33(6-2)19-26(36)32-27(37-29(38-32)20-10-8-7-9-11-20)17-24-23-13-12-21-16-22(34)14-15-30(21,3)28(23)25(35)18-31(24,32)4/h12,14-15,20,23-25,27-29,35H,5-11,13,16-19H2,1-4H3/t23-,24-,25-,27+,28+,29+,30-,31-,32+/m0/s1. The lowest BCUT2D eigenvalue weighted by molar-refractivity contribution is -0.207. The lowest BCUT2D eigenvalue weighted by Crippen LogP contribution is -2.64. The average Bonchev–Trinajstić information content (AvgIpc) is 3.41. The molecule has 6 aliphatic rings. The third-order valence-corrected chi connectivity index (χ3v) is 11.9. The monoisotopic (exact) mass is 525 g/mol. The van der Waals surface area contributed by atoms with Crippen molar-refractivity contribution in [3.05, 3.63) is 23.8 Å². The first-order chi connectivity index (χ1) is 18.2. The molecule has 210 valence electrons. The summed E-state index contributed by atoms with van der Waals surface area (Å²) in [6.07, 6.45) is 13.4. The zero-order chi connectivity index (χ0) is 26.9. The normalized spacial score (nSPS) is 46.4. The third kappa shape index (κ3) is 3.73. The van der Waals surface area contributed by atoms with Crippen LogP contribution in [0.3, 0.4) is 0 Å². The molecular formula is C32H47NO5. The van der Waals surface area contributed by atoms with Crippen LogP contribution in [0.2, 0.25) is 0 Å². The number of aliphatic hydroxyl groups is 1. The fourth-order valence-electron chi connectivity index (χ4n) is 9.89. The number of ether oxygens (including phenoxy) is 2. The Labute approximate surface area is 228 Å². The van der Waals surface area contributed by atoms with Crippen molar-refractivity contribution < 1.29 is 24.2 Å². The van der Waals surface area contributed by atoms with Crippen LogP contribution in [0.15, 0.2) is 23.8 Å². The first kappa shape index (κ1) is 26.9. The summed E-state index contributed by atoms with van der Waals surface area (Å²) in [4.78, 5) is 28.9. The second-order valence-electron chi connectivity index (χ2n) is 13.6. The van der Waals surface area contributed by atoms with Gasteiger partial charge in [-0.15, -0.1) is 0 Å². The second-order valence-corrected chi connectivity index (χ2v) is 13.6. The Bertz CT molecular complexity index is 1030. The smallest absolute Gasteiger partial charge is 0.181 e. The van der Waals surface area contributed by atoms with E-state index >= 15 is 0 Å². The van der Waals surface area contributed by atoms with Gasteiger partial charge in [0.2, 0.25) is 0 Å². The van der Waals surface area contributed by atoms with Crippen LogP contribution in [0.4, 0.5) is 0 Å². The summed E-state index contributed by atoms with van der Waals surface area (Å²) < 4.78 is 13.8. The molecule has 6 rings (SSSR count). The predicted octanol–water partition coefficient (Wildman–Crippen LogP) is 4.85. The number of hydrogen-bond acceptors (Lipinski definition) is 6. The fraction of sp³-hybridized carbons (Fsp3) is 0.812. The van der Waals surface area contributed by atoms with Gasteiger partial charge in [-0.1, -0.05) is 64.7 Å². The lowest BCUT2D eigenvalue weighted by atomic mass is 9.47. The van der Waals surface area contributed by atoms with Gasteiger partial charge in [0.15, 0.2) is 23.5 Å². The van der Waals surface area contributed by atoms with Gasteiger partial charge >= 0.3 is 0 Å². The highest BCUT2D eigenvalue weighted by Crippen LogP contribution is 2.69. The number of ketones is 2. The Morgan fingerprint density at radius 1 is 1.16 bits per heavy atom. The minimum absolute atomic E-state index is 0.0350. The predicted molar refractivity (Wildman–Crippen MR) is 145 cm³/mol. The second kappa shape index (κ2) is 9.64. The van der Waals surface area contributed by atoms with Crippen LogP contribution in [-0.4, -0.2) is 65.3 Å². The van der Waals surface area contributed by atoms with Crippen molar-refractivity contribution in [1.29, 1.82) is 0 Å². The Kier molecular flexibility index (Phi) is 6.81. The van der Waals surface area contributed by atoms with E-state index in [1.54, 1.807) is 6.08 Å². The van der Waals surface area contributed by atoms with E-state index in [0.717, 1.165) is 44.3 Å². The minimum Gasteiger partial charge on any atom is -0.393 e. The highest BCUT2D eigenvalue weighted by molar-refractivity contribution is 5.93. The number of aliphatic hydroxyl groups excluding tert-OH is 1. The first-order valence-electron chi connectivity index (χ1n) is 15.4. The number of hydrogen-bond donors (Lipinski definition) is 1. The van der Waals surface area contributed by atoms with Gasteiger partial charge in [-0.05, 0) is 63.1 Å². The Hall–Kier alpha value is -1.34. The van der Waals surface area contributed by atoms with Gasteiger partial charge in [0, 0.05) is 29.1 Å². The maximum atomic E-state index is 14.5. The number of nitrogens with zero attached hydrogens (tertiary/aromatic N) is 1. The molecule has 0 aromatic rings. The summed E-state index contributed by atoms with van der Waals surface area (Å²) in [6, 6.07) is 0. The molecule has 1 N–H and O–H groups in total. The molecule has 0 aromatic heterocycles. The van der Waals surface area contributed by atoms with Gasteiger partial charge in [0.1, 0.15) is 0 Å². The molecule has 6 heteroatoms. The molecule has 0 aromatic carbocycles. The molecule has 1 aliphatic heterocycles.